The number of nitrogens with one attached hydrogen (secondary N) is 1. The lowest BCUT2D eigenvalue weighted by Crippen LogP contribution is -2.27. The first kappa shape index (κ1) is 17.0. The Balaban J connectivity index is 1.72. The van der Waals surface area contributed by atoms with Crippen LogP contribution in [0.1, 0.15) is 31.6 Å². The van der Waals surface area contributed by atoms with Gasteiger partial charge in [0.1, 0.15) is 5.82 Å². The van der Waals surface area contributed by atoms with Gasteiger partial charge in [0.2, 0.25) is 0 Å². The molecule has 0 atom stereocenters. The summed E-state index contributed by atoms with van der Waals surface area (Å²) < 4.78 is 6.94. The van der Waals surface area contributed by atoms with Crippen LogP contribution in [0.25, 0.3) is 0 Å². The fraction of sp³-hybridized carbons (Fsp3) is 0.235. The molecule has 0 saturated carbocycles. The summed E-state index contributed by atoms with van der Waals surface area (Å²) in [6.45, 7) is 2.26. The van der Waals surface area contributed by atoms with E-state index in [-0.39, 0.29) is 17.6 Å². The van der Waals surface area contributed by atoms with E-state index in [0.29, 0.717) is 16.4 Å². The van der Waals surface area contributed by atoms with Crippen LogP contribution >= 0.6 is 11.3 Å². The van der Waals surface area contributed by atoms with Gasteiger partial charge >= 0.3 is 0 Å². The number of aromatic nitrogens is 2. The van der Waals surface area contributed by atoms with E-state index in [0.717, 1.165) is 11.4 Å². The Morgan fingerprint density at radius 2 is 2.24 bits per heavy atom. The molecule has 25 heavy (non-hydrogen) atoms. The van der Waals surface area contributed by atoms with Crippen molar-refractivity contribution in [1.29, 1.82) is 0 Å². The average molecular weight is 358 g/mol. The van der Waals surface area contributed by atoms with Crippen LogP contribution in [0.4, 0.5) is 5.00 Å². The number of furan rings is 1. The van der Waals surface area contributed by atoms with Crippen LogP contribution in [0.5, 0.6) is 0 Å². The second-order valence-electron chi connectivity index (χ2n) is 5.67. The van der Waals surface area contributed by atoms with E-state index < -0.39 is 0 Å². The smallest absolute Gasteiger partial charge is 0.291 e. The van der Waals surface area contributed by atoms with Crippen molar-refractivity contribution in [2.75, 3.05) is 12.4 Å². The maximum Gasteiger partial charge on any atom is 0.291 e. The first-order valence-corrected chi connectivity index (χ1v) is 8.44. The number of aryl methyl sites for hydroxylation is 2. The third kappa shape index (κ3) is 3.63. The highest BCUT2D eigenvalue weighted by atomic mass is 32.1. The standard InChI is InChI=1S/C17H18N4O3S/c1-11-9-14(19-16(22)12-5-4-8-24-12)25-15(11)17(23)21(3)10-13-18-6-7-20(13)2/h4-9H,10H2,1-3H3,(H,19,22). The SMILES string of the molecule is Cc1cc(NC(=O)c2ccco2)sc1C(=O)N(C)Cc1nccn1C. The van der Waals surface area contributed by atoms with Crippen LogP contribution in [-0.4, -0.2) is 33.3 Å². The number of imidazole rings is 1. The van der Waals surface area contributed by atoms with Crippen molar-refractivity contribution in [1.82, 2.24) is 14.5 Å². The number of anilines is 1. The van der Waals surface area contributed by atoms with E-state index in [1.807, 2.05) is 24.7 Å². The van der Waals surface area contributed by atoms with Crippen molar-refractivity contribution in [3.8, 4) is 0 Å². The summed E-state index contributed by atoms with van der Waals surface area (Å²) in [5.74, 6) is 0.581. The molecule has 7 nitrogen and oxygen atoms in total. The zero-order valence-corrected chi connectivity index (χ0v) is 15.0. The Morgan fingerprint density at radius 3 is 2.88 bits per heavy atom. The Bertz CT molecular complexity index is 895. The van der Waals surface area contributed by atoms with E-state index in [1.165, 1.54) is 17.6 Å². The summed E-state index contributed by atoms with van der Waals surface area (Å²) in [5, 5.41) is 3.36. The number of nitrogens with zero attached hydrogens (tertiary/aromatic N) is 3. The largest absolute Gasteiger partial charge is 0.459 e. The monoisotopic (exact) mass is 358 g/mol. The van der Waals surface area contributed by atoms with Gasteiger partial charge in [-0.25, -0.2) is 4.98 Å². The molecule has 0 aliphatic carbocycles. The van der Waals surface area contributed by atoms with Gasteiger partial charge in [-0.15, -0.1) is 11.3 Å². The highest BCUT2D eigenvalue weighted by Crippen LogP contribution is 2.28. The van der Waals surface area contributed by atoms with E-state index >= 15 is 0 Å². The van der Waals surface area contributed by atoms with Gasteiger partial charge in [0, 0.05) is 26.5 Å². The van der Waals surface area contributed by atoms with Gasteiger partial charge < -0.3 is 19.2 Å². The van der Waals surface area contributed by atoms with Crippen molar-refractivity contribution in [3.05, 3.63) is 58.9 Å². The molecule has 1 N–H and O–H groups in total. The fourth-order valence-electron chi connectivity index (χ4n) is 2.34. The third-order valence-corrected chi connectivity index (χ3v) is 4.88. The highest BCUT2D eigenvalue weighted by molar-refractivity contribution is 7.18. The molecule has 3 aromatic heterocycles. The zero-order chi connectivity index (χ0) is 18.0. The van der Waals surface area contributed by atoms with E-state index in [9.17, 15) is 9.59 Å². The predicted octanol–water partition coefficient (Wildman–Crippen LogP) is 2.91. The van der Waals surface area contributed by atoms with Gasteiger partial charge in [0.05, 0.1) is 22.7 Å². The molecular weight excluding hydrogens is 340 g/mol. The van der Waals surface area contributed by atoms with Crippen molar-refractivity contribution >= 4 is 28.2 Å². The van der Waals surface area contributed by atoms with E-state index in [4.69, 9.17) is 4.42 Å². The van der Waals surface area contributed by atoms with Gasteiger partial charge in [-0.1, -0.05) is 0 Å². The molecule has 130 valence electrons. The second-order valence-corrected chi connectivity index (χ2v) is 6.72. The molecule has 3 heterocycles. The van der Waals surface area contributed by atoms with Crippen LogP contribution in [0, 0.1) is 6.92 Å². The highest BCUT2D eigenvalue weighted by Gasteiger charge is 2.20. The van der Waals surface area contributed by atoms with Gasteiger partial charge in [-0.05, 0) is 30.7 Å². The summed E-state index contributed by atoms with van der Waals surface area (Å²) in [7, 11) is 3.62. The van der Waals surface area contributed by atoms with Gasteiger partial charge in [0.15, 0.2) is 5.76 Å². The number of carbonyl (C=O) groups excluding carboxylic acids is 2. The maximum absolute atomic E-state index is 12.7. The molecule has 0 fully saturated rings. The molecule has 3 aromatic rings. The maximum atomic E-state index is 12.7. The number of rotatable bonds is 5. The van der Waals surface area contributed by atoms with Crippen molar-refractivity contribution < 1.29 is 14.0 Å². The molecule has 0 unspecified atom stereocenters. The first-order valence-electron chi connectivity index (χ1n) is 7.62. The molecular formula is C17H18N4O3S. The topological polar surface area (TPSA) is 80.4 Å². The molecule has 0 saturated heterocycles. The lowest BCUT2D eigenvalue weighted by molar-refractivity contribution is 0.0784. The molecule has 0 aromatic carbocycles. The van der Waals surface area contributed by atoms with Crippen molar-refractivity contribution in [3.63, 3.8) is 0 Å². The van der Waals surface area contributed by atoms with Crippen LogP contribution in [0.2, 0.25) is 0 Å². The number of hydrogen-bond donors (Lipinski definition) is 1. The number of amides is 2. The quantitative estimate of drug-likeness (QED) is 0.760. The molecule has 0 aliphatic heterocycles. The average Bonchev–Trinajstić information content (AvgIpc) is 3.29. The Morgan fingerprint density at radius 1 is 1.44 bits per heavy atom. The van der Waals surface area contributed by atoms with Crippen LogP contribution in [0.3, 0.4) is 0 Å². The Hall–Kier alpha value is -2.87. The molecule has 0 radical (unpaired) electrons. The van der Waals surface area contributed by atoms with E-state index in [1.54, 1.807) is 36.3 Å². The molecule has 0 aliphatic rings. The number of thiophene rings is 1. The minimum absolute atomic E-state index is 0.107. The van der Waals surface area contributed by atoms with Crippen molar-refractivity contribution in [2.45, 2.75) is 13.5 Å². The summed E-state index contributed by atoms with van der Waals surface area (Å²) in [6.07, 6.45) is 4.98. The zero-order valence-electron chi connectivity index (χ0n) is 14.1. The number of hydrogen-bond acceptors (Lipinski definition) is 5. The Labute approximate surface area is 148 Å². The van der Waals surface area contributed by atoms with Gasteiger partial charge in [0.25, 0.3) is 11.8 Å². The van der Waals surface area contributed by atoms with Gasteiger partial charge in [-0.2, -0.15) is 0 Å². The minimum Gasteiger partial charge on any atom is -0.459 e. The first-order chi connectivity index (χ1) is 12.0. The summed E-state index contributed by atoms with van der Waals surface area (Å²) in [6, 6.07) is 5.02. The summed E-state index contributed by atoms with van der Waals surface area (Å²) >= 11 is 1.25. The minimum atomic E-state index is -0.341. The van der Waals surface area contributed by atoms with E-state index in [2.05, 4.69) is 10.3 Å². The molecule has 0 bridgehead atoms. The molecule has 3 rings (SSSR count). The van der Waals surface area contributed by atoms with Gasteiger partial charge in [-0.3, -0.25) is 9.59 Å². The lowest BCUT2D eigenvalue weighted by atomic mass is 10.2. The van der Waals surface area contributed by atoms with Crippen molar-refractivity contribution in [2.24, 2.45) is 7.05 Å². The normalized spacial score (nSPS) is 10.7. The molecule has 2 amide bonds. The van der Waals surface area contributed by atoms with Crippen LogP contribution in [-0.2, 0) is 13.6 Å². The molecule has 8 heteroatoms. The Kier molecular flexibility index (Phi) is 4.71. The summed E-state index contributed by atoms with van der Waals surface area (Å²) in [5.41, 5.74) is 0.816. The second kappa shape index (κ2) is 6.94. The predicted molar refractivity (Wildman–Crippen MR) is 94.7 cm³/mol. The fourth-order valence-corrected chi connectivity index (χ4v) is 3.41. The van der Waals surface area contributed by atoms with Crippen LogP contribution in [0.15, 0.2) is 41.3 Å². The number of carbonyl (C=O) groups is 2. The third-order valence-electron chi connectivity index (χ3n) is 3.74. The van der Waals surface area contributed by atoms with Crippen LogP contribution < -0.4 is 5.32 Å². The lowest BCUT2D eigenvalue weighted by Gasteiger charge is -2.16. The molecule has 0 spiro atoms. The summed E-state index contributed by atoms with van der Waals surface area (Å²) in [4.78, 5) is 31.2.